The molecule has 4 rings (SSSR count). The molecule has 2 atom stereocenters. The van der Waals surface area contributed by atoms with E-state index in [9.17, 15) is 4.79 Å². The highest BCUT2D eigenvalue weighted by atomic mass is 16.5. The number of carbonyl (C=O) groups is 1. The van der Waals surface area contributed by atoms with E-state index in [2.05, 4.69) is 5.16 Å². The van der Waals surface area contributed by atoms with Crippen LogP contribution < -0.4 is 0 Å². The summed E-state index contributed by atoms with van der Waals surface area (Å²) >= 11 is 0. The lowest BCUT2D eigenvalue weighted by molar-refractivity contribution is -0.147. The molecule has 1 aliphatic carbocycles. The van der Waals surface area contributed by atoms with Crippen LogP contribution in [0.1, 0.15) is 48.2 Å². The molecule has 3 fully saturated rings. The van der Waals surface area contributed by atoms with E-state index in [1.807, 2.05) is 4.90 Å². The van der Waals surface area contributed by atoms with Crippen LogP contribution in [0.3, 0.4) is 0 Å². The Balaban J connectivity index is 1.47. The van der Waals surface area contributed by atoms with Gasteiger partial charge in [0.25, 0.3) is 5.91 Å². The molecular formula is C18H26N2O4. The Bertz CT molecular complexity index is 598. The minimum Gasteiger partial charge on any atom is -0.380 e. The number of amides is 1. The molecule has 0 radical (unpaired) electrons. The highest BCUT2D eigenvalue weighted by Gasteiger charge is 2.47. The lowest BCUT2D eigenvalue weighted by atomic mass is 9.73. The number of nitrogens with zero attached hydrogens (tertiary/aromatic N) is 2. The summed E-state index contributed by atoms with van der Waals surface area (Å²) in [6.07, 6.45) is 7.30. The minimum atomic E-state index is -0.0634. The van der Waals surface area contributed by atoms with E-state index in [4.69, 9.17) is 14.0 Å². The highest BCUT2D eigenvalue weighted by molar-refractivity contribution is 5.94. The summed E-state index contributed by atoms with van der Waals surface area (Å²) < 4.78 is 17.2. The van der Waals surface area contributed by atoms with Crippen LogP contribution in [0.15, 0.2) is 10.7 Å². The van der Waals surface area contributed by atoms with Gasteiger partial charge in [-0.3, -0.25) is 4.79 Å². The molecule has 1 saturated carbocycles. The normalized spacial score (nSPS) is 30.2. The molecule has 3 heterocycles. The Morgan fingerprint density at radius 3 is 3.08 bits per heavy atom. The molecule has 6 heteroatoms. The molecule has 24 heavy (non-hydrogen) atoms. The number of carbonyl (C=O) groups excluding carboxylic acids is 1. The third-order valence-electron chi connectivity index (χ3n) is 5.70. The second-order valence-corrected chi connectivity index (χ2v) is 7.59. The van der Waals surface area contributed by atoms with E-state index >= 15 is 0 Å². The number of rotatable bonds is 5. The summed E-state index contributed by atoms with van der Waals surface area (Å²) in [4.78, 5) is 14.8. The van der Waals surface area contributed by atoms with Crippen LogP contribution >= 0.6 is 0 Å². The van der Waals surface area contributed by atoms with Crippen molar-refractivity contribution < 1.29 is 18.8 Å². The molecule has 0 spiro atoms. The van der Waals surface area contributed by atoms with E-state index in [0.717, 1.165) is 44.9 Å². The summed E-state index contributed by atoms with van der Waals surface area (Å²) in [6, 6.07) is 0. The standard InChI is InChI=1S/C18H26N2O4/c1-13-15(9-19-24-13)17(21)20-7-5-16-18(11-20,6-2-8-23-16)12-22-10-14-3-4-14/h9,14,16H,2-8,10-12H2,1H3/t16-,18+/m0/s1. The first-order valence-electron chi connectivity index (χ1n) is 9.08. The molecule has 6 nitrogen and oxygen atoms in total. The summed E-state index contributed by atoms with van der Waals surface area (Å²) in [5.74, 6) is 1.35. The Hall–Kier alpha value is -1.40. The molecule has 0 bridgehead atoms. The van der Waals surface area contributed by atoms with Crippen LogP contribution in [-0.4, -0.2) is 55.0 Å². The first-order valence-corrected chi connectivity index (χ1v) is 9.08. The maximum atomic E-state index is 12.8. The Kier molecular flexibility index (Phi) is 4.35. The van der Waals surface area contributed by atoms with Gasteiger partial charge in [-0.25, -0.2) is 0 Å². The van der Waals surface area contributed by atoms with Crippen molar-refractivity contribution in [2.24, 2.45) is 11.3 Å². The van der Waals surface area contributed by atoms with Crippen LogP contribution in [0.25, 0.3) is 0 Å². The molecule has 0 N–H and O–H groups in total. The van der Waals surface area contributed by atoms with Gasteiger partial charge in [0.15, 0.2) is 0 Å². The van der Waals surface area contributed by atoms with Gasteiger partial charge in [0.2, 0.25) is 0 Å². The monoisotopic (exact) mass is 334 g/mol. The van der Waals surface area contributed by atoms with E-state index in [0.29, 0.717) is 24.5 Å². The number of fused-ring (bicyclic) bond motifs is 1. The van der Waals surface area contributed by atoms with Crippen LogP contribution in [0.5, 0.6) is 0 Å². The zero-order chi connectivity index (χ0) is 16.6. The van der Waals surface area contributed by atoms with Crippen molar-refractivity contribution in [1.29, 1.82) is 0 Å². The number of hydrogen-bond donors (Lipinski definition) is 0. The minimum absolute atomic E-state index is 0.0133. The van der Waals surface area contributed by atoms with Gasteiger partial charge >= 0.3 is 0 Å². The molecule has 3 aliphatic rings. The molecule has 1 amide bonds. The van der Waals surface area contributed by atoms with Crippen LogP contribution in [0.4, 0.5) is 0 Å². The number of aryl methyl sites for hydroxylation is 1. The summed E-state index contributed by atoms with van der Waals surface area (Å²) in [5.41, 5.74) is 0.505. The zero-order valence-corrected chi connectivity index (χ0v) is 14.3. The average molecular weight is 334 g/mol. The molecule has 0 aromatic carbocycles. The van der Waals surface area contributed by atoms with Crippen molar-refractivity contribution in [3.63, 3.8) is 0 Å². The number of aromatic nitrogens is 1. The first kappa shape index (κ1) is 16.1. The predicted molar refractivity (Wildman–Crippen MR) is 86.7 cm³/mol. The Morgan fingerprint density at radius 2 is 2.33 bits per heavy atom. The van der Waals surface area contributed by atoms with Gasteiger partial charge in [-0.15, -0.1) is 0 Å². The van der Waals surface area contributed by atoms with E-state index < -0.39 is 0 Å². The van der Waals surface area contributed by atoms with Gasteiger partial charge in [0, 0.05) is 31.7 Å². The maximum absolute atomic E-state index is 12.8. The quantitative estimate of drug-likeness (QED) is 0.827. The molecule has 2 aliphatic heterocycles. The lowest BCUT2D eigenvalue weighted by Gasteiger charge is -2.50. The Labute approximate surface area is 142 Å². The van der Waals surface area contributed by atoms with Gasteiger partial charge < -0.3 is 18.9 Å². The SMILES string of the molecule is Cc1oncc1C(=O)N1CC[C@@H]2OCCC[C@]2(COCC2CC2)C1. The van der Waals surface area contributed by atoms with E-state index in [1.165, 1.54) is 19.0 Å². The van der Waals surface area contributed by atoms with Crippen molar-refractivity contribution in [3.8, 4) is 0 Å². The summed E-state index contributed by atoms with van der Waals surface area (Å²) in [6.45, 7) is 5.58. The Morgan fingerprint density at radius 1 is 1.46 bits per heavy atom. The fourth-order valence-corrected chi connectivity index (χ4v) is 4.06. The van der Waals surface area contributed by atoms with Crippen LogP contribution in [0.2, 0.25) is 0 Å². The van der Waals surface area contributed by atoms with Gasteiger partial charge in [-0.1, -0.05) is 5.16 Å². The lowest BCUT2D eigenvalue weighted by Crippen LogP contribution is -2.58. The fourth-order valence-electron chi connectivity index (χ4n) is 4.06. The first-order chi connectivity index (χ1) is 11.7. The van der Waals surface area contributed by atoms with Gasteiger partial charge in [0.05, 0.1) is 18.9 Å². The van der Waals surface area contributed by atoms with Gasteiger partial charge in [-0.05, 0) is 44.9 Å². The van der Waals surface area contributed by atoms with Crippen molar-refractivity contribution in [2.75, 3.05) is 32.9 Å². The summed E-state index contributed by atoms with van der Waals surface area (Å²) in [7, 11) is 0. The number of ether oxygens (including phenoxy) is 2. The fraction of sp³-hybridized carbons (Fsp3) is 0.778. The van der Waals surface area contributed by atoms with Gasteiger partial charge in [0.1, 0.15) is 11.3 Å². The average Bonchev–Trinajstić information content (AvgIpc) is 3.32. The second kappa shape index (κ2) is 6.48. The van der Waals surface area contributed by atoms with E-state index in [1.54, 1.807) is 6.92 Å². The van der Waals surface area contributed by atoms with Crippen molar-refractivity contribution in [1.82, 2.24) is 10.1 Å². The van der Waals surface area contributed by atoms with Crippen molar-refractivity contribution >= 4 is 5.91 Å². The van der Waals surface area contributed by atoms with Crippen molar-refractivity contribution in [3.05, 3.63) is 17.5 Å². The summed E-state index contributed by atoms with van der Waals surface area (Å²) in [5, 5.41) is 3.74. The van der Waals surface area contributed by atoms with Crippen molar-refractivity contribution in [2.45, 2.75) is 45.1 Å². The zero-order valence-electron chi connectivity index (χ0n) is 14.3. The second-order valence-electron chi connectivity index (χ2n) is 7.59. The van der Waals surface area contributed by atoms with Crippen LogP contribution in [0, 0.1) is 18.3 Å². The third-order valence-corrected chi connectivity index (χ3v) is 5.70. The topological polar surface area (TPSA) is 64.8 Å². The molecule has 132 valence electrons. The number of likely N-dealkylation sites (tertiary alicyclic amines) is 1. The number of piperidine rings is 1. The van der Waals surface area contributed by atoms with Crippen LogP contribution in [-0.2, 0) is 9.47 Å². The predicted octanol–water partition coefficient (Wildman–Crippen LogP) is 2.42. The van der Waals surface area contributed by atoms with E-state index in [-0.39, 0.29) is 17.4 Å². The molecule has 2 saturated heterocycles. The molecule has 1 aromatic heterocycles. The largest absolute Gasteiger partial charge is 0.380 e. The highest BCUT2D eigenvalue weighted by Crippen LogP contribution is 2.41. The number of hydrogen-bond acceptors (Lipinski definition) is 5. The maximum Gasteiger partial charge on any atom is 0.259 e. The molecule has 1 aromatic rings. The smallest absolute Gasteiger partial charge is 0.259 e. The third kappa shape index (κ3) is 3.09. The van der Waals surface area contributed by atoms with Gasteiger partial charge in [-0.2, -0.15) is 0 Å². The molecular weight excluding hydrogens is 308 g/mol. The molecule has 0 unspecified atom stereocenters.